The molecule has 4 aliphatic carbocycles. The Balaban J connectivity index is 1.12. The molecule has 4 fully saturated rings. The fraction of sp³-hybridized carbons (Fsp3) is 0.458. The van der Waals surface area contributed by atoms with Gasteiger partial charge < -0.3 is 20.4 Å². The number of hydrogen-bond donors (Lipinski definition) is 3. The molecular formula is C24H27N3O4. The van der Waals surface area contributed by atoms with Crippen molar-refractivity contribution in [1.29, 1.82) is 0 Å². The Morgan fingerprint density at radius 1 is 0.871 bits per heavy atom. The standard InChI is InChI=1S/C24H27N3O4/c28-21(14-25-23(30)24-11-15-8-16(12-24)10-17(9-15)13-24)26-18-3-5-19(6-4-18)27-22(29)20-2-1-7-31-20/h1-7,15-17H,8-14H2,(H,25,30)(H,26,28)(H,27,29). The normalized spacial score (nSPS) is 28.2. The molecule has 1 aromatic carbocycles. The molecule has 1 aromatic heterocycles. The number of nitrogens with one attached hydrogen (secondary N) is 3. The molecule has 7 heteroatoms. The van der Waals surface area contributed by atoms with Gasteiger partial charge in [0.15, 0.2) is 5.76 Å². The van der Waals surface area contributed by atoms with Gasteiger partial charge in [-0.2, -0.15) is 0 Å². The van der Waals surface area contributed by atoms with Crippen LogP contribution in [0.25, 0.3) is 0 Å². The van der Waals surface area contributed by atoms with Crippen LogP contribution in [-0.4, -0.2) is 24.3 Å². The Kier molecular flexibility index (Phi) is 5.04. The zero-order valence-electron chi connectivity index (χ0n) is 17.4. The summed E-state index contributed by atoms with van der Waals surface area (Å²) in [6, 6.07) is 10.0. The molecule has 1 heterocycles. The number of carbonyl (C=O) groups excluding carboxylic acids is 3. The van der Waals surface area contributed by atoms with Crippen LogP contribution >= 0.6 is 0 Å². The molecule has 0 spiro atoms. The van der Waals surface area contributed by atoms with Crippen molar-refractivity contribution in [3.63, 3.8) is 0 Å². The first-order chi connectivity index (χ1) is 15.0. The van der Waals surface area contributed by atoms with E-state index in [1.165, 1.54) is 25.5 Å². The smallest absolute Gasteiger partial charge is 0.291 e. The van der Waals surface area contributed by atoms with Gasteiger partial charge in [-0.25, -0.2) is 0 Å². The van der Waals surface area contributed by atoms with E-state index in [4.69, 9.17) is 4.42 Å². The van der Waals surface area contributed by atoms with Crippen LogP contribution in [-0.2, 0) is 9.59 Å². The minimum Gasteiger partial charge on any atom is -0.459 e. The monoisotopic (exact) mass is 421 g/mol. The van der Waals surface area contributed by atoms with E-state index in [0.29, 0.717) is 29.1 Å². The average Bonchev–Trinajstić information content (AvgIpc) is 3.27. The number of carbonyl (C=O) groups is 3. The molecular weight excluding hydrogens is 394 g/mol. The molecule has 2 aromatic rings. The molecule has 0 saturated heterocycles. The van der Waals surface area contributed by atoms with Gasteiger partial charge in [0.25, 0.3) is 5.91 Å². The van der Waals surface area contributed by atoms with E-state index in [1.807, 2.05) is 0 Å². The highest BCUT2D eigenvalue weighted by atomic mass is 16.3. The predicted molar refractivity (Wildman–Crippen MR) is 115 cm³/mol. The molecule has 4 saturated carbocycles. The van der Waals surface area contributed by atoms with Crippen molar-refractivity contribution in [3.8, 4) is 0 Å². The highest BCUT2D eigenvalue weighted by Crippen LogP contribution is 2.60. The van der Waals surface area contributed by atoms with Crippen LogP contribution in [0.3, 0.4) is 0 Å². The van der Waals surface area contributed by atoms with Crippen molar-refractivity contribution in [3.05, 3.63) is 48.4 Å². The number of hydrogen-bond acceptors (Lipinski definition) is 4. The van der Waals surface area contributed by atoms with Crippen LogP contribution in [0.2, 0.25) is 0 Å². The second-order valence-electron chi connectivity index (χ2n) is 9.44. The summed E-state index contributed by atoms with van der Waals surface area (Å²) in [5.41, 5.74) is 0.947. The molecule has 3 N–H and O–H groups in total. The third-order valence-corrected chi connectivity index (χ3v) is 7.10. The van der Waals surface area contributed by atoms with Crippen molar-refractivity contribution in [2.24, 2.45) is 23.2 Å². The Bertz CT molecular complexity index is 945. The summed E-state index contributed by atoms with van der Waals surface area (Å²) in [4.78, 5) is 37.3. The second-order valence-corrected chi connectivity index (χ2v) is 9.44. The summed E-state index contributed by atoms with van der Waals surface area (Å²) in [7, 11) is 0. The van der Waals surface area contributed by atoms with Crippen LogP contribution in [0.5, 0.6) is 0 Å². The minimum absolute atomic E-state index is 0.0302. The quantitative estimate of drug-likeness (QED) is 0.660. The van der Waals surface area contributed by atoms with Gasteiger partial charge in [0.05, 0.1) is 12.8 Å². The predicted octanol–water partition coefficient (Wildman–Crippen LogP) is 3.80. The molecule has 0 radical (unpaired) electrons. The van der Waals surface area contributed by atoms with E-state index in [2.05, 4.69) is 16.0 Å². The van der Waals surface area contributed by atoms with E-state index in [1.54, 1.807) is 36.4 Å². The number of amides is 3. The average molecular weight is 421 g/mol. The molecule has 0 aliphatic heterocycles. The van der Waals surface area contributed by atoms with Gasteiger partial charge in [-0.05, 0) is 92.7 Å². The molecule has 162 valence electrons. The van der Waals surface area contributed by atoms with Crippen LogP contribution in [0.1, 0.15) is 49.1 Å². The van der Waals surface area contributed by atoms with Gasteiger partial charge in [-0.1, -0.05) is 0 Å². The topological polar surface area (TPSA) is 100 Å². The largest absolute Gasteiger partial charge is 0.459 e. The lowest BCUT2D eigenvalue weighted by atomic mass is 9.49. The molecule has 31 heavy (non-hydrogen) atoms. The van der Waals surface area contributed by atoms with E-state index in [-0.39, 0.29) is 35.4 Å². The van der Waals surface area contributed by atoms with Crippen molar-refractivity contribution in [2.45, 2.75) is 38.5 Å². The SMILES string of the molecule is O=C(CNC(=O)C12CC3CC(CC(C3)C1)C2)Nc1ccc(NC(=O)c2ccco2)cc1. The lowest BCUT2D eigenvalue weighted by molar-refractivity contribution is -0.146. The highest BCUT2D eigenvalue weighted by molar-refractivity contribution is 6.02. The summed E-state index contributed by atoms with van der Waals surface area (Å²) in [6.07, 6.45) is 8.24. The van der Waals surface area contributed by atoms with Crippen molar-refractivity contribution in [1.82, 2.24) is 5.32 Å². The Morgan fingerprint density at radius 2 is 1.45 bits per heavy atom. The van der Waals surface area contributed by atoms with Crippen LogP contribution < -0.4 is 16.0 Å². The minimum atomic E-state index is -0.339. The highest BCUT2D eigenvalue weighted by Gasteiger charge is 2.54. The number of anilines is 2. The van der Waals surface area contributed by atoms with Crippen LogP contribution in [0, 0.1) is 23.2 Å². The summed E-state index contributed by atoms with van der Waals surface area (Å²) >= 11 is 0. The van der Waals surface area contributed by atoms with Crippen molar-refractivity contribution in [2.75, 3.05) is 17.2 Å². The Labute approximate surface area is 181 Å². The molecule has 6 rings (SSSR count). The lowest BCUT2D eigenvalue weighted by Gasteiger charge is -2.55. The Morgan fingerprint density at radius 3 is 2.00 bits per heavy atom. The number of furan rings is 1. The van der Waals surface area contributed by atoms with Crippen molar-refractivity contribution >= 4 is 29.1 Å². The van der Waals surface area contributed by atoms with Gasteiger partial charge in [-0.15, -0.1) is 0 Å². The summed E-state index contributed by atoms with van der Waals surface area (Å²) < 4.78 is 5.06. The van der Waals surface area contributed by atoms with Gasteiger partial charge >= 0.3 is 0 Å². The summed E-state index contributed by atoms with van der Waals surface area (Å²) in [5.74, 6) is 1.76. The third-order valence-electron chi connectivity index (χ3n) is 7.10. The first-order valence-corrected chi connectivity index (χ1v) is 11.0. The Hall–Kier alpha value is -3.09. The molecule has 4 aliphatic rings. The summed E-state index contributed by atoms with van der Waals surface area (Å²) in [5, 5.41) is 8.41. The number of benzene rings is 1. The van der Waals surface area contributed by atoms with Gasteiger partial charge in [0.1, 0.15) is 0 Å². The fourth-order valence-corrected chi connectivity index (χ4v) is 6.18. The molecule has 0 unspecified atom stereocenters. The third kappa shape index (κ3) is 4.09. The molecule has 3 amide bonds. The fourth-order valence-electron chi connectivity index (χ4n) is 6.18. The molecule has 4 bridgehead atoms. The lowest BCUT2D eigenvalue weighted by Crippen LogP contribution is -2.54. The zero-order chi connectivity index (χ0) is 21.4. The van der Waals surface area contributed by atoms with Gasteiger partial charge in [0, 0.05) is 16.8 Å². The first-order valence-electron chi connectivity index (χ1n) is 11.0. The van der Waals surface area contributed by atoms with Gasteiger partial charge in [-0.3, -0.25) is 14.4 Å². The maximum absolute atomic E-state index is 13.0. The number of rotatable bonds is 6. The molecule has 0 atom stereocenters. The molecule has 7 nitrogen and oxygen atoms in total. The van der Waals surface area contributed by atoms with Gasteiger partial charge in [0.2, 0.25) is 11.8 Å². The van der Waals surface area contributed by atoms with Crippen molar-refractivity contribution < 1.29 is 18.8 Å². The second kappa shape index (κ2) is 7.87. The van der Waals surface area contributed by atoms with E-state index in [0.717, 1.165) is 19.3 Å². The van der Waals surface area contributed by atoms with Crippen LogP contribution in [0.4, 0.5) is 11.4 Å². The maximum atomic E-state index is 13.0. The zero-order valence-corrected chi connectivity index (χ0v) is 17.4. The maximum Gasteiger partial charge on any atom is 0.291 e. The van der Waals surface area contributed by atoms with E-state index in [9.17, 15) is 14.4 Å². The first kappa shape index (κ1) is 19.8. The van der Waals surface area contributed by atoms with E-state index < -0.39 is 0 Å². The van der Waals surface area contributed by atoms with Crippen LogP contribution in [0.15, 0.2) is 47.1 Å². The summed E-state index contributed by atoms with van der Waals surface area (Å²) in [6.45, 7) is -0.0302. The van der Waals surface area contributed by atoms with E-state index >= 15 is 0 Å².